The highest BCUT2D eigenvalue weighted by Crippen LogP contribution is 2.39. The molecule has 0 bridgehead atoms. The van der Waals surface area contributed by atoms with Crippen LogP contribution in [0.4, 0.5) is 0 Å². The molecular weight excluding hydrogens is 280 g/mol. The number of aromatic nitrogens is 3. The number of nitrogens with zero attached hydrogens (tertiary/aromatic N) is 3. The summed E-state index contributed by atoms with van der Waals surface area (Å²) in [6.07, 6.45) is 6.14. The van der Waals surface area contributed by atoms with Crippen LogP contribution in [0.3, 0.4) is 0 Å². The molecule has 2 N–H and O–H groups in total. The van der Waals surface area contributed by atoms with Gasteiger partial charge in [0, 0.05) is 19.0 Å². The standard InChI is InChI=1S/C12H21BrN4/c1-3-4-8-5-6-10(14)9(7-8)11-12(13)15-16-17(11)2/h8-10H,3-7,14H2,1-2H3. The lowest BCUT2D eigenvalue weighted by Crippen LogP contribution is -2.35. The van der Waals surface area contributed by atoms with Gasteiger partial charge in [-0.2, -0.15) is 0 Å². The van der Waals surface area contributed by atoms with Gasteiger partial charge in [-0.05, 0) is 41.1 Å². The molecule has 1 saturated carbocycles. The Balaban J connectivity index is 2.18. The Morgan fingerprint density at radius 2 is 2.24 bits per heavy atom. The summed E-state index contributed by atoms with van der Waals surface area (Å²) in [5, 5.41) is 8.13. The molecule has 96 valence electrons. The van der Waals surface area contributed by atoms with Gasteiger partial charge in [0.15, 0.2) is 4.60 Å². The van der Waals surface area contributed by atoms with Crippen LogP contribution in [0.15, 0.2) is 4.60 Å². The molecule has 4 nitrogen and oxygen atoms in total. The van der Waals surface area contributed by atoms with E-state index in [0.717, 1.165) is 16.9 Å². The summed E-state index contributed by atoms with van der Waals surface area (Å²) in [6, 6.07) is 0.247. The number of hydrogen-bond acceptors (Lipinski definition) is 3. The molecule has 0 aliphatic heterocycles. The average Bonchev–Trinajstić information content (AvgIpc) is 2.62. The van der Waals surface area contributed by atoms with Crippen molar-refractivity contribution in [3.05, 3.63) is 10.3 Å². The number of halogens is 1. The first-order chi connectivity index (χ1) is 8.13. The van der Waals surface area contributed by atoms with Gasteiger partial charge in [-0.25, -0.2) is 0 Å². The maximum Gasteiger partial charge on any atom is 0.151 e. The molecule has 3 unspecified atom stereocenters. The van der Waals surface area contributed by atoms with Crippen LogP contribution in [0, 0.1) is 5.92 Å². The maximum atomic E-state index is 6.28. The Kier molecular flexibility index (Phi) is 4.20. The predicted octanol–water partition coefficient (Wildman–Crippen LogP) is 2.59. The van der Waals surface area contributed by atoms with E-state index in [4.69, 9.17) is 5.73 Å². The minimum Gasteiger partial charge on any atom is -0.327 e. The van der Waals surface area contributed by atoms with E-state index in [0.29, 0.717) is 5.92 Å². The van der Waals surface area contributed by atoms with Crippen LogP contribution in [0.2, 0.25) is 0 Å². The highest BCUT2D eigenvalue weighted by Gasteiger charge is 2.32. The summed E-state index contributed by atoms with van der Waals surface area (Å²) in [7, 11) is 1.95. The number of nitrogens with two attached hydrogens (primary N) is 1. The second kappa shape index (κ2) is 5.48. The highest BCUT2D eigenvalue weighted by atomic mass is 79.9. The van der Waals surface area contributed by atoms with E-state index in [1.165, 1.54) is 31.4 Å². The van der Waals surface area contributed by atoms with E-state index in [2.05, 4.69) is 33.2 Å². The maximum absolute atomic E-state index is 6.28. The van der Waals surface area contributed by atoms with Crippen molar-refractivity contribution in [2.24, 2.45) is 18.7 Å². The normalized spacial score (nSPS) is 29.5. The third kappa shape index (κ3) is 2.71. The van der Waals surface area contributed by atoms with Crippen molar-refractivity contribution in [3.63, 3.8) is 0 Å². The number of hydrogen-bond donors (Lipinski definition) is 1. The quantitative estimate of drug-likeness (QED) is 0.933. The van der Waals surface area contributed by atoms with E-state index in [1.807, 2.05) is 11.7 Å². The Labute approximate surface area is 111 Å². The molecule has 0 radical (unpaired) electrons. The Morgan fingerprint density at radius 3 is 2.82 bits per heavy atom. The van der Waals surface area contributed by atoms with Crippen molar-refractivity contribution in [2.75, 3.05) is 0 Å². The molecule has 1 aromatic heterocycles. The molecule has 1 heterocycles. The first kappa shape index (κ1) is 13.0. The Hall–Kier alpha value is -0.420. The van der Waals surface area contributed by atoms with Gasteiger partial charge in [0.1, 0.15) is 0 Å². The predicted molar refractivity (Wildman–Crippen MR) is 71.7 cm³/mol. The van der Waals surface area contributed by atoms with Crippen molar-refractivity contribution in [3.8, 4) is 0 Å². The molecule has 1 fully saturated rings. The van der Waals surface area contributed by atoms with Gasteiger partial charge in [-0.15, -0.1) is 5.10 Å². The third-order valence-electron chi connectivity index (χ3n) is 3.89. The van der Waals surface area contributed by atoms with Gasteiger partial charge in [-0.1, -0.05) is 25.0 Å². The summed E-state index contributed by atoms with van der Waals surface area (Å²) >= 11 is 3.49. The zero-order valence-electron chi connectivity index (χ0n) is 10.6. The summed E-state index contributed by atoms with van der Waals surface area (Å²) in [5.41, 5.74) is 7.44. The molecule has 1 aliphatic rings. The molecule has 3 atom stereocenters. The van der Waals surface area contributed by atoms with Crippen LogP contribution in [0.1, 0.15) is 50.6 Å². The number of rotatable bonds is 3. The largest absolute Gasteiger partial charge is 0.327 e. The summed E-state index contributed by atoms with van der Waals surface area (Å²) in [6.45, 7) is 2.26. The molecule has 0 saturated heterocycles. The van der Waals surface area contributed by atoms with Crippen LogP contribution < -0.4 is 5.73 Å². The molecule has 5 heteroatoms. The van der Waals surface area contributed by atoms with Crippen molar-refractivity contribution in [1.82, 2.24) is 15.0 Å². The zero-order valence-corrected chi connectivity index (χ0v) is 12.2. The number of aryl methyl sites for hydroxylation is 1. The van der Waals surface area contributed by atoms with Crippen LogP contribution in [0.25, 0.3) is 0 Å². The van der Waals surface area contributed by atoms with Gasteiger partial charge >= 0.3 is 0 Å². The molecule has 1 aliphatic carbocycles. The van der Waals surface area contributed by atoms with Crippen LogP contribution in [-0.4, -0.2) is 21.0 Å². The second-order valence-corrected chi connectivity index (χ2v) is 5.88. The second-order valence-electron chi connectivity index (χ2n) is 5.13. The lowest BCUT2D eigenvalue weighted by Gasteiger charge is -2.34. The molecular formula is C12H21BrN4. The molecule has 0 amide bonds. The van der Waals surface area contributed by atoms with E-state index in [1.54, 1.807) is 0 Å². The van der Waals surface area contributed by atoms with E-state index in [-0.39, 0.29) is 6.04 Å². The summed E-state index contributed by atoms with van der Waals surface area (Å²) < 4.78 is 2.72. The zero-order chi connectivity index (χ0) is 12.4. The summed E-state index contributed by atoms with van der Waals surface area (Å²) in [5.74, 6) is 1.21. The fourth-order valence-electron chi connectivity index (χ4n) is 3.00. The highest BCUT2D eigenvalue weighted by molar-refractivity contribution is 9.10. The van der Waals surface area contributed by atoms with Gasteiger partial charge in [-0.3, -0.25) is 4.68 Å². The minimum atomic E-state index is 0.247. The Bertz CT molecular complexity index is 357. The van der Waals surface area contributed by atoms with Gasteiger partial charge in [0.25, 0.3) is 0 Å². The summed E-state index contributed by atoms with van der Waals surface area (Å²) in [4.78, 5) is 0. The molecule has 1 aromatic rings. The van der Waals surface area contributed by atoms with Crippen LogP contribution in [-0.2, 0) is 7.05 Å². The minimum absolute atomic E-state index is 0.247. The molecule has 17 heavy (non-hydrogen) atoms. The van der Waals surface area contributed by atoms with E-state index < -0.39 is 0 Å². The smallest absolute Gasteiger partial charge is 0.151 e. The topological polar surface area (TPSA) is 56.7 Å². The third-order valence-corrected chi connectivity index (χ3v) is 4.45. The Morgan fingerprint density at radius 1 is 1.47 bits per heavy atom. The fourth-order valence-corrected chi connectivity index (χ4v) is 3.62. The molecule has 0 aromatic carbocycles. The first-order valence-electron chi connectivity index (χ1n) is 6.44. The van der Waals surface area contributed by atoms with Gasteiger partial charge < -0.3 is 5.73 Å². The molecule has 0 spiro atoms. The van der Waals surface area contributed by atoms with Crippen LogP contribution >= 0.6 is 15.9 Å². The lowest BCUT2D eigenvalue weighted by atomic mass is 9.75. The van der Waals surface area contributed by atoms with E-state index >= 15 is 0 Å². The lowest BCUT2D eigenvalue weighted by molar-refractivity contribution is 0.266. The molecule has 2 rings (SSSR count). The monoisotopic (exact) mass is 300 g/mol. The fraction of sp³-hybridized carbons (Fsp3) is 0.833. The van der Waals surface area contributed by atoms with Crippen molar-refractivity contribution >= 4 is 15.9 Å². The SMILES string of the molecule is CCCC1CCC(N)C(c2c(Br)nnn2C)C1. The van der Waals surface area contributed by atoms with Crippen LogP contribution in [0.5, 0.6) is 0 Å². The van der Waals surface area contributed by atoms with Crippen molar-refractivity contribution in [2.45, 2.75) is 51.0 Å². The first-order valence-corrected chi connectivity index (χ1v) is 7.23. The van der Waals surface area contributed by atoms with Crippen molar-refractivity contribution in [1.29, 1.82) is 0 Å². The van der Waals surface area contributed by atoms with Crippen molar-refractivity contribution < 1.29 is 0 Å². The average molecular weight is 301 g/mol. The van der Waals surface area contributed by atoms with Gasteiger partial charge in [0.05, 0.1) is 5.69 Å². The van der Waals surface area contributed by atoms with E-state index in [9.17, 15) is 0 Å². The van der Waals surface area contributed by atoms with Gasteiger partial charge in [0.2, 0.25) is 0 Å².